The number of methoxy groups -OCH3 is 3. The van der Waals surface area contributed by atoms with Crippen LogP contribution in [-0.2, 0) is 49.9 Å². The number of H-pyrrole nitrogens is 2. The zero-order valence-corrected chi connectivity index (χ0v) is 18.2. The molecule has 2 heterocycles. The zero-order chi connectivity index (χ0) is 22.1. The lowest BCUT2D eigenvalue weighted by atomic mass is 10.0. The van der Waals surface area contributed by atoms with Crippen molar-refractivity contribution in [1.82, 2.24) is 9.97 Å². The van der Waals surface area contributed by atoms with Crippen LogP contribution in [0.1, 0.15) is 62.8 Å². The van der Waals surface area contributed by atoms with Crippen LogP contribution in [0.3, 0.4) is 0 Å². The molecule has 9 heteroatoms. The highest BCUT2D eigenvalue weighted by molar-refractivity contribution is 5.90. The number of rotatable bonds is 12. The molecule has 0 bridgehead atoms. The normalized spacial score (nSPS) is 11.0. The highest BCUT2D eigenvalue weighted by Crippen LogP contribution is 2.27. The quantitative estimate of drug-likeness (QED) is 0.506. The van der Waals surface area contributed by atoms with Gasteiger partial charge in [0.15, 0.2) is 0 Å². The molecule has 0 aromatic carbocycles. The summed E-state index contributed by atoms with van der Waals surface area (Å²) in [6, 6.07) is 0. The number of aromatic amines is 2. The van der Waals surface area contributed by atoms with Crippen molar-refractivity contribution in [2.45, 2.75) is 40.1 Å². The highest BCUT2D eigenvalue weighted by Gasteiger charge is 2.25. The average Bonchev–Trinajstić information content (AvgIpc) is 3.26. The number of aromatic nitrogens is 2. The van der Waals surface area contributed by atoms with Gasteiger partial charge >= 0.3 is 11.9 Å². The Hall–Kier alpha value is -2.62. The summed E-state index contributed by atoms with van der Waals surface area (Å²) < 4.78 is 26.3. The van der Waals surface area contributed by atoms with Crippen LogP contribution in [-0.4, -0.2) is 56.4 Å². The molecule has 0 spiro atoms. The molecule has 0 amide bonds. The van der Waals surface area contributed by atoms with E-state index in [9.17, 15) is 9.59 Å². The number of hydrogen-bond acceptors (Lipinski definition) is 7. The highest BCUT2D eigenvalue weighted by atomic mass is 16.5. The Labute approximate surface area is 176 Å². The predicted molar refractivity (Wildman–Crippen MR) is 108 cm³/mol. The SMILES string of the molecule is CCOC(=O)c1[nH]cc(Cc2[nH]c(C(=O)OCC)c(COC)c2COC)c1COC. The summed E-state index contributed by atoms with van der Waals surface area (Å²) in [4.78, 5) is 30.9. The average molecular weight is 422 g/mol. The lowest BCUT2D eigenvalue weighted by Crippen LogP contribution is -2.09. The molecule has 0 aliphatic heterocycles. The molecule has 0 saturated heterocycles. The van der Waals surface area contributed by atoms with Crippen LogP contribution in [0, 0.1) is 0 Å². The molecule has 0 aliphatic rings. The van der Waals surface area contributed by atoms with Crippen molar-refractivity contribution in [2.75, 3.05) is 34.5 Å². The van der Waals surface area contributed by atoms with Crippen molar-refractivity contribution in [3.63, 3.8) is 0 Å². The standard InChI is InChI=1S/C21H30N2O7/c1-6-29-20(24)18-14(10-26-3)13(9-22-18)8-17-15(11-27-4)16(12-28-5)19(23-17)21(25)30-7-2/h9,22-23H,6-8,10-12H2,1-5H3. The summed E-state index contributed by atoms with van der Waals surface area (Å²) >= 11 is 0. The van der Waals surface area contributed by atoms with Crippen LogP contribution in [0.4, 0.5) is 0 Å². The summed E-state index contributed by atoms with van der Waals surface area (Å²) in [7, 11) is 4.71. The van der Waals surface area contributed by atoms with Crippen molar-refractivity contribution in [1.29, 1.82) is 0 Å². The lowest BCUT2D eigenvalue weighted by Gasteiger charge is -2.09. The maximum Gasteiger partial charge on any atom is 0.355 e. The van der Waals surface area contributed by atoms with Gasteiger partial charge in [-0.3, -0.25) is 0 Å². The second-order valence-corrected chi connectivity index (χ2v) is 6.52. The van der Waals surface area contributed by atoms with Gasteiger partial charge in [0.2, 0.25) is 0 Å². The smallest absolute Gasteiger partial charge is 0.355 e. The van der Waals surface area contributed by atoms with Gasteiger partial charge in [0.05, 0.1) is 33.0 Å². The van der Waals surface area contributed by atoms with Gasteiger partial charge in [0, 0.05) is 56.3 Å². The minimum atomic E-state index is -0.452. The largest absolute Gasteiger partial charge is 0.461 e. The first-order chi connectivity index (χ1) is 14.5. The third-order valence-electron chi connectivity index (χ3n) is 4.58. The van der Waals surface area contributed by atoms with E-state index in [1.165, 1.54) is 0 Å². The van der Waals surface area contributed by atoms with E-state index in [0.29, 0.717) is 35.5 Å². The van der Waals surface area contributed by atoms with Gasteiger partial charge in [0.25, 0.3) is 0 Å². The molecule has 2 N–H and O–H groups in total. The van der Waals surface area contributed by atoms with Gasteiger partial charge in [-0.1, -0.05) is 0 Å². The van der Waals surface area contributed by atoms with E-state index in [1.807, 2.05) is 0 Å². The summed E-state index contributed by atoms with van der Waals surface area (Å²) in [5, 5.41) is 0. The van der Waals surface area contributed by atoms with Crippen molar-refractivity contribution >= 4 is 11.9 Å². The van der Waals surface area contributed by atoms with E-state index in [1.54, 1.807) is 41.4 Å². The minimum Gasteiger partial charge on any atom is -0.461 e. The van der Waals surface area contributed by atoms with Crippen LogP contribution in [0.2, 0.25) is 0 Å². The molecule has 2 aromatic rings. The predicted octanol–water partition coefficient (Wildman–Crippen LogP) is 2.73. The summed E-state index contributed by atoms with van der Waals surface area (Å²) in [6.45, 7) is 4.80. The van der Waals surface area contributed by atoms with Crippen LogP contribution in [0.25, 0.3) is 0 Å². The Morgan fingerprint density at radius 2 is 1.33 bits per heavy atom. The zero-order valence-electron chi connectivity index (χ0n) is 18.2. The van der Waals surface area contributed by atoms with Crippen LogP contribution in [0.15, 0.2) is 6.20 Å². The summed E-state index contributed by atoms with van der Waals surface area (Å²) in [5.41, 5.74) is 4.55. The van der Waals surface area contributed by atoms with Crippen LogP contribution >= 0.6 is 0 Å². The molecule has 0 fully saturated rings. The topological polar surface area (TPSA) is 112 Å². The van der Waals surface area contributed by atoms with E-state index >= 15 is 0 Å². The maximum atomic E-state index is 12.5. The third kappa shape index (κ3) is 5.29. The Morgan fingerprint density at radius 3 is 1.90 bits per heavy atom. The molecule has 30 heavy (non-hydrogen) atoms. The number of carbonyl (C=O) groups is 2. The van der Waals surface area contributed by atoms with E-state index in [0.717, 1.165) is 16.8 Å². The minimum absolute atomic E-state index is 0.232. The fourth-order valence-electron chi connectivity index (χ4n) is 3.32. The molecule has 9 nitrogen and oxygen atoms in total. The van der Waals surface area contributed by atoms with E-state index in [-0.39, 0.29) is 26.4 Å². The Morgan fingerprint density at radius 1 is 0.800 bits per heavy atom. The fraction of sp³-hybridized carbons (Fsp3) is 0.524. The van der Waals surface area contributed by atoms with Crippen LogP contribution in [0.5, 0.6) is 0 Å². The van der Waals surface area contributed by atoms with E-state index < -0.39 is 11.9 Å². The second kappa shape index (κ2) is 11.5. The van der Waals surface area contributed by atoms with Gasteiger partial charge in [-0.25, -0.2) is 9.59 Å². The maximum absolute atomic E-state index is 12.5. The summed E-state index contributed by atoms with van der Waals surface area (Å²) in [5.74, 6) is -0.891. The molecule has 0 saturated carbocycles. The number of ether oxygens (including phenoxy) is 5. The Balaban J connectivity index is 2.50. The monoisotopic (exact) mass is 422 g/mol. The first-order valence-corrected chi connectivity index (χ1v) is 9.74. The van der Waals surface area contributed by atoms with Crippen molar-refractivity contribution < 1.29 is 33.3 Å². The van der Waals surface area contributed by atoms with Crippen LogP contribution < -0.4 is 0 Å². The molecule has 0 radical (unpaired) electrons. The molecular formula is C21H30N2O7. The third-order valence-corrected chi connectivity index (χ3v) is 4.58. The fourth-order valence-corrected chi connectivity index (χ4v) is 3.32. The molecule has 0 unspecified atom stereocenters. The van der Waals surface area contributed by atoms with Crippen molar-refractivity contribution in [3.05, 3.63) is 45.5 Å². The molecule has 2 rings (SSSR count). The number of hydrogen-bond donors (Lipinski definition) is 2. The van der Waals surface area contributed by atoms with Crippen molar-refractivity contribution in [3.8, 4) is 0 Å². The number of esters is 2. The molecule has 166 valence electrons. The second-order valence-electron chi connectivity index (χ2n) is 6.52. The molecular weight excluding hydrogens is 392 g/mol. The Kier molecular flexibility index (Phi) is 9.10. The lowest BCUT2D eigenvalue weighted by molar-refractivity contribution is 0.0506. The Bertz CT molecular complexity index is 854. The first-order valence-electron chi connectivity index (χ1n) is 9.74. The van der Waals surface area contributed by atoms with E-state index in [2.05, 4.69) is 9.97 Å². The number of carbonyl (C=O) groups excluding carboxylic acids is 2. The van der Waals surface area contributed by atoms with Gasteiger partial charge in [0.1, 0.15) is 11.4 Å². The van der Waals surface area contributed by atoms with Gasteiger partial charge < -0.3 is 33.7 Å². The van der Waals surface area contributed by atoms with Gasteiger partial charge in [-0.2, -0.15) is 0 Å². The number of nitrogens with one attached hydrogen (secondary N) is 2. The molecule has 0 aliphatic carbocycles. The van der Waals surface area contributed by atoms with Gasteiger partial charge in [-0.15, -0.1) is 0 Å². The van der Waals surface area contributed by atoms with Crippen molar-refractivity contribution in [2.24, 2.45) is 0 Å². The molecule has 2 aromatic heterocycles. The van der Waals surface area contributed by atoms with E-state index in [4.69, 9.17) is 23.7 Å². The first kappa shape index (κ1) is 23.7. The summed E-state index contributed by atoms with van der Waals surface area (Å²) in [6.07, 6.45) is 2.17. The van der Waals surface area contributed by atoms with Gasteiger partial charge in [-0.05, 0) is 19.4 Å². The molecule has 0 atom stereocenters.